The van der Waals surface area contributed by atoms with Gasteiger partial charge in [-0.05, 0) is 37.0 Å². The molecule has 7 heteroatoms. The molecule has 0 bridgehead atoms. The van der Waals surface area contributed by atoms with Crippen LogP contribution >= 0.6 is 0 Å². The second-order valence-electron chi connectivity index (χ2n) is 6.58. The SMILES string of the molecule is CCN(CC)S(=O)(=O)c1ccc(CCC(=O)NCC(N)(CC)CC)cc1. The molecule has 0 spiro atoms. The van der Waals surface area contributed by atoms with Crippen LogP contribution in [0.2, 0.25) is 0 Å². The van der Waals surface area contributed by atoms with Crippen LogP contribution in [-0.2, 0) is 21.2 Å². The normalized spacial score (nSPS) is 12.4. The molecular weight excluding hydrogens is 350 g/mol. The molecular formula is C19H33N3O3S. The van der Waals surface area contributed by atoms with E-state index in [1.807, 2.05) is 27.7 Å². The molecule has 0 aliphatic heterocycles. The zero-order valence-electron chi connectivity index (χ0n) is 16.4. The minimum Gasteiger partial charge on any atom is -0.354 e. The summed E-state index contributed by atoms with van der Waals surface area (Å²) in [7, 11) is -3.44. The average Bonchev–Trinajstić information content (AvgIpc) is 2.65. The van der Waals surface area contributed by atoms with Gasteiger partial charge in [-0.15, -0.1) is 0 Å². The summed E-state index contributed by atoms with van der Waals surface area (Å²) in [5.41, 5.74) is 6.76. The number of sulfonamides is 1. The Labute approximate surface area is 158 Å². The highest BCUT2D eigenvalue weighted by Gasteiger charge is 2.22. The van der Waals surface area contributed by atoms with Gasteiger partial charge in [0, 0.05) is 31.6 Å². The van der Waals surface area contributed by atoms with E-state index in [0.717, 1.165) is 18.4 Å². The Morgan fingerprint density at radius 1 is 1.08 bits per heavy atom. The van der Waals surface area contributed by atoms with Crippen molar-refractivity contribution in [3.8, 4) is 0 Å². The Hall–Kier alpha value is -1.44. The minimum atomic E-state index is -3.44. The molecule has 1 aromatic carbocycles. The zero-order chi connectivity index (χ0) is 19.8. The summed E-state index contributed by atoms with van der Waals surface area (Å²) in [6, 6.07) is 6.77. The molecule has 0 radical (unpaired) electrons. The summed E-state index contributed by atoms with van der Waals surface area (Å²) < 4.78 is 26.3. The standard InChI is InChI=1S/C19H33N3O3S/c1-5-19(20,6-2)15-21-18(23)14-11-16-9-12-17(13-10-16)26(24,25)22(7-3)8-4/h9-10,12-13H,5-8,11,14-15,20H2,1-4H3,(H,21,23). The molecule has 3 N–H and O–H groups in total. The van der Waals surface area contributed by atoms with Gasteiger partial charge in [-0.1, -0.05) is 39.8 Å². The Balaban J connectivity index is 2.62. The second-order valence-corrected chi connectivity index (χ2v) is 8.52. The van der Waals surface area contributed by atoms with Gasteiger partial charge < -0.3 is 11.1 Å². The maximum atomic E-state index is 12.5. The van der Waals surface area contributed by atoms with Crippen molar-refractivity contribution in [3.05, 3.63) is 29.8 Å². The molecule has 0 heterocycles. The third-order valence-corrected chi connectivity index (χ3v) is 7.02. The molecule has 0 aliphatic rings. The summed E-state index contributed by atoms with van der Waals surface area (Å²) in [5.74, 6) is -0.0402. The van der Waals surface area contributed by atoms with Crippen molar-refractivity contribution in [1.29, 1.82) is 0 Å². The van der Waals surface area contributed by atoms with Crippen molar-refractivity contribution in [2.45, 2.75) is 63.8 Å². The third-order valence-electron chi connectivity index (χ3n) is 4.95. The van der Waals surface area contributed by atoms with E-state index >= 15 is 0 Å². The van der Waals surface area contributed by atoms with Gasteiger partial charge in [-0.3, -0.25) is 4.79 Å². The number of hydrogen-bond acceptors (Lipinski definition) is 4. The fourth-order valence-electron chi connectivity index (χ4n) is 2.66. The molecule has 1 amide bonds. The van der Waals surface area contributed by atoms with Gasteiger partial charge in [0.05, 0.1) is 4.90 Å². The van der Waals surface area contributed by atoms with Crippen LogP contribution in [0.5, 0.6) is 0 Å². The molecule has 0 aliphatic carbocycles. The molecule has 6 nitrogen and oxygen atoms in total. The molecule has 1 aromatic rings. The lowest BCUT2D eigenvalue weighted by Gasteiger charge is -2.26. The first-order valence-electron chi connectivity index (χ1n) is 9.37. The van der Waals surface area contributed by atoms with Crippen LogP contribution in [0, 0.1) is 0 Å². The van der Waals surface area contributed by atoms with E-state index in [0.29, 0.717) is 32.5 Å². The monoisotopic (exact) mass is 383 g/mol. The first kappa shape index (κ1) is 22.6. The van der Waals surface area contributed by atoms with Crippen LogP contribution < -0.4 is 11.1 Å². The molecule has 0 saturated carbocycles. The van der Waals surface area contributed by atoms with Crippen LogP contribution in [0.1, 0.15) is 52.5 Å². The summed E-state index contributed by atoms with van der Waals surface area (Å²) in [6.07, 6.45) is 2.54. The predicted octanol–water partition coefficient (Wildman–Crippen LogP) is 2.28. The number of rotatable bonds is 11. The Kier molecular flexibility index (Phi) is 8.73. The lowest BCUT2D eigenvalue weighted by molar-refractivity contribution is -0.121. The fraction of sp³-hybridized carbons (Fsp3) is 0.632. The maximum Gasteiger partial charge on any atom is 0.243 e. The van der Waals surface area contributed by atoms with Crippen molar-refractivity contribution in [2.75, 3.05) is 19.6 Å². The quantitative estimate of drug-likeness (QED) is 0.613. The number of benzene rings is 1. The molecule has 0 aromatic heterocycles. The molecule has 0 atom stereocenters. The smallest absolute Gasteiger partial charge is 0.243 e. The Bertz CT molecular complexity index is 664. The van der Waals surface area contributed by atoms with Crippen LogP contribution in [-0.4, -0.2) is 43.8 Å². The second kappa shape index (κ2) is 10.0. The number of carbonyl (C=O) groups is 1. The highest BCUT2D eigenvalue weighted by atomic mass is 32.2. The molecule has 0 saturated heterocycles. The van der Waals surface area contributed by atoms with Crippen molar-refractivity contribution >= 4 is 15.9 Å². The van der Waals surface area contributed by atoms with Gasteiger partial charge in [0.1, 0.15) is 0 Å². The van der Waals surface area contributed by atoms with E-state index < -0.39 is 10.0 Å². The first-order chi connectivity index (χ1) is 12.2. The van der Waals surface area contributed by atoms with Gasteiger partial charge in [0.25, 0.3) is 0 Å². The Morgan fingerprint density at radius 2 is 1.62 bits per heavy atom. The number of carbonyl (C=O) groups excluding carboxylic acids is 1. The van der Waals surface area contributed by atoms with Crippen molar-refractivity contribution < 1.29 is 13.2 Å². The minimum absolute atomic E-state index is 0.0402. The predicted molar refractivity (Wildman–Crippen MR) is 105 cm³/mol. The van der Waals surface area contributed by atoms with E-state index in [-0.39, 0.29) is 16.3 Å². The van der Waals surface area contributed by atoms with Crippen LogP contribution in [0.25, 0.3) is 0 Å². The number of hydrogen-bond donors (Lipinski definition) is 2. The van der Waals surface area contributed by atoms with Gasteiger partial charge >= 0.3 is 0 Å². The van der Waals surface area contributed by atoms with Crippen LogP contribution in [0.15, 0.2) is 29.2 Å². The van der Waals surface area contributed by atoms with Gasteiger partial charge in [-0.25, -0.2) is 8.42 Å². The number of amides is 1. The van der Waals surface area contributed by atoms with E-state index in [4.69, 9.17) is 5.73 Å². The Morgan fingerprint density at radius 3 is 2.08 bits per heavy atom. The van der Waals surface area contributed by atoms with Crippen molar-refractivity contribution in [3.63, 3.8) is 0 Å². The van der Waals surface area contributed by atoms with Crippen molar-refractivity contribution in [2.24, 2.45) is 5.73 Å². The lowest BCUT2D eigenvalue weighted by atomic mass is 9.94. The maximum absolute atomic E-state index is 12.5. The fourth-order valence-corrected chi connectivity index (χ4v) is 4.12. The van der Waals surface area contributed by atoms with Gasteiger partial charge in [-0.2, -0.15) is 4.31 Å². The average molecular weight is 384 g/mol. The summed E-state index contributed by atoms with van der Waals surface area (Å²) in [4.78, 5) is 12.3. The topological polar surface area (TPSA) is 92.5 Å². The van der Waals surface area contributed by atoms with Gasteiger partial charge in [0.15, 0.2) is 0 Å². The van der Waals surface area contributed by atoms with Crippen molar-refractivity contribution in [1.82, 2.24) is 9.62 Å². The van der Waals surface area contributed by atoms with Crippen LogP contribution in [0.3, 0.4) is 0 Å². The van der Waals surface area contributed by atoms with E-state index in [1.54, 1.807) is 24.3 Å². The lowest BCUT2D eigenvalue weighted by Crippen LogP contribution is -2.49. The van der Waals surface area contributed by atoms with Crippen LogP contribution in [0.4, 0.5) is 0 Å². The van der Waals surface area contributed by atoms with Gasteiger partial charge in [0.2, 0.25) is 15.9 Å². The number of aryl methyl sites for hydroxylation is 1. The molecule has 0 fully saturated rings. The molecule has 148 valence electrons. The largest absolute Gasteiger partial charge is 0.354 e. The number of nitrogens with one attached hydrogen (secondary N) is 1. The molecule has 0 unspecified atom stereocenters. The summed E-state index contributed by atoms with van der Waals surface area (Å²) >= 11 is 0. The highest BCUT2D eigenvalue weighted by molar-refractivity contribution is 7.89. The zero-order valence-corrected chi connectivity index (χ0v) is 17.2. The molecule has 1 rings (SSSR count). The van der Waals surface area contributed by atoms with E-state index in [2.05, 4.69) is 5.32 Å². The number of nitrogens with zero attached hydrogens (tertiary/aromatic N) is 1. The summed E-state index contributed by atoms with van der Waals surface area (Å²) in [6.45, 7) is 9.03. The van der Waals surface area contributed by atoms with E-state index in [1.165, 1.54) is 4.31 Å². The number of nitrogens with two attached hydrogens (primary N) is 1. The summed E-state index contributed by atoms with van der Waals surface area (Å²) in [5, 5.41) is 2.89. The third kappa shape index (κ3) is 6.07. The first-order valence-corrected chi connectivity index (χ1v) is 10.8. The molecule has 26 heavy (non-hydrogen) atoms. The van der Waals surface area contributed by atoms with E-state index in [9.17, 15) is 13.2 Å². The highest BCUT2D eigenvalue weighted by Crippen LogP contribution is 2.17.